The van der Waals surface area contributed by atoms with E-state index in [1.54, 1.807) is 12.3 Å². The maximum absolute atomic E-state index is 12.4. The van der Waals surface area contributed by atoms with Crippen LogP contribution in [-0.4, -0.2) is 18.4 Å². The number of carbonyl (C=O) groups excluding carboxylic acids is 2. The molecule has 158 valence electrons. The number of ether oxygens (including phenoxy) is 1. The number of fused-ring (bicyclic) bond motifs is 1. The van der Waals surface area contributed by atoms with Gasteiger partial charge in [0.1, 0.15) is 11.5 Å². The Balaban J connectivity index is 1.54. The van der Waals surface area contributed by atoms with Crippen LogP contribution >= 0.6 is 0 Å². The van der Waals surface area contributed by atoms with E-state index in [1.165, 1.54) is 6.08 Å². The standard InChI is InChI=1S/C26H26N2O3/c1-3-25(29)27-17-6-7-18-28-26(30)19(2)20-13-15-22(16-14-20)31-24-12-8-10-21-9-4-5-11-23(21)24/h3-5,7-16,18-19H,1,6,17H2,2H3,(H,27,29)(H,28,30)/b18-7+. The van der Waals surface area contributed by atoms with Gasteiger partial charge in [-0.15, -0.1) is 0 Å². The largest absolute Gasteiger partial charge is 0.457 e. The number of nitrogens with one attached hydrogen (secondary N) is 2. The molecule has 2 amide bonds. The summed E-state index contributed by atoms with van der Waals surface area (Å²) in [7, 11) is 0. The molecule has 0 heterocycles. The SMILES string of the molecule is C=CC(=O)NCC/C=C/NC(=O)C(C)c1ccc(Oc2cccc3ccccc23)cc1. The van der Waals surface area contributed by atoms with Crippen molar-refractivity contribution in [1.29, 1.82) is 0 Å². The summed E-state index contributed by atoms with van der Waals surface area (Å²) in [5, 5.41) is 7.62. The zero-order valence-corrected chi connectivity index (χ0v) is 17.5. The van der Waals surface area contributed by atoms with Crippen LogP contribution in [0.15, 0.2) is 91.7 Å². The van der Waals surface area contributed by atoms with Crippen LogP contribution in [0, 0.1) is 0 Å². The highest BCUT2D eigenvalue weighted by Gasteiger charge is 2.14. The van der Waals surface area contributed by atoms with Crippen molar-refractivity contribution in [3.8, 4) is 11.5 Å². The predicted molar refractivity (Wildman–Crippen MR) is 124 cm³/mol. The van der Waals surface area contributed by atoms with Crippen LogP contribution in [0.3, 0.4) is 0 Å². The van der Waals surface area contributed by atoms with Gasteiger partial charge < -0.3 is 15.4 Å². The third-order valence-corrected chi connectivity index (χ3v) is 4.89. The zero-order chi connectivity index (χ0) is 22.1. The average molecular weight is 415 g/mol. The molecule has 0 aromatic heterocycles. The Bertz CT molecular complexity index is 1080. The van der Waals surface area contributed by atoms with Crippen molar-refractivity contribution in [2.45, 2.75) is 19.3 Å². The molecular weight excluding hydrogens is 388 g/mol. The van der Waals surface area contributed by atoms with Gasteiger partial charge in [0.2, 0.25) is 11.8 Å². The molecule has 5 nitrogen and oxygen atoms in total. The monoisotopic (exact) mass is 414 g/mol. The molecule has 0 aliphatic carbocycles. The third-order valence-electron chi connectivity index (χ3n) is 4.89. The summed E-state index contributed by atoms with van der Waals surface area (Å²) in [6, 6.07) is 21.6. The van der Waals surface area contributed by atoms with Crippen LogP contribution in [0.2, 0.25) is 0 Å². The summed E-state index contributed by atoms with van der Waals surface area (Å²) in [5.41, 5.74) is 0.898. The molecule has 0 aliphatic heterocycles. The molecule has 31 heavy (non-hydrogen) atoms. The minimum atomic E-state index is -0.309. The van der Waals surface area contributed by atoms with Crippen molar-refractivity contribution in [2.75, 3.05) is 6.54 Å². The van der Waals surface area contributed by atoms with Gasteiger partial charge in [-0.2, -0.15) is 0 Å². The summed E-state index contributed by atoms with van der Waals surface area (Å²) < 4.78 is 6.07. The van der Waals surface area contributed by atoms with Crippen LogP contribution in [0.5, 0.6) is 11.5 Å². The van der Waals surface area contributed by atoms with Crippen LogP contribution in [-0.2, 0) is 9.59 Å². The summed E-state index contributed by atoms with van der Waals surface area (Å²) >= 11 is 0. The summed E-state index contributed by atoms with van der Waals surface area (Å²) in [4.78, 5) is 23.4. The fraction of sp³-hybridized carbons (Fsp3) is 0.154. The van der Waals surface area contributed by atoms with E-state index >= 15 is 0 Å². The second kappa shape index (κ2) is 10.8. The summed E-state index contributed by atoms with van der Waals surface area (Å²) in [5.74, 6) is 0.894. The van der Waals surface area contributed by atoms with E-state index in [0.717, 1.165) is 22.1 Å². The lowest BCUT2D eigenvalue weighted by Crippen LogP contribution is -2.23. The summed E-state index contributed by atoms with van der Waals surface area (Å²) in [6.45, 7) is 5.74. The molecule has 0 spiro atoms. The number of hydrogen-bond donors (Lipinski definition) is 2. The van der Waals surface area contributed by atoms with Gasteiger partial charge in [0.05, 0.1) is 5.92 Å². The highest BCUT2D eigenvalue weighted by molar-refractivity contribution is 5.88. The minimum absolute atomic E-state index is 0.103. The molecule has 3 rings (SSSR count). The molecular formula is C26H26N2O3. The van der Waals surface area contributed by atoms with E-state index in [4.69, 9.17) is 4.74 Å². The van der Waals surface area contributed by atoms with Crippen LogP contribution < -0.4 is 15.4 Å². The van der Waals surface area contributed by atoms with Crippen molar-refractivity contribution in [1.82, 2.24) is 10.6 Å². The molecule has 1 atom stereocenters. The minimum Gasteiger partial charge on any atom is -0.457 e. The van der Waals surface area contributed by atoms with Crippen molar-refractivity contribution >= 4 is 22.6 Å². The Morgan fingerprint density at radius 2 is 1.77 bits per heavy atom. The number of rotatable bonds is 9. The van der Waals surface area contributed by atoms with Gasteiger partial charge in [-0.3, -0.25) is 9.59 Å². The lowest BCUT2D eigenvalue weighted by atomic mass is 10.0. The van der Waals surface area contributed by atoms with Crippen molar-refractivity contribution < 1.29 is 14.3 Å². The van der Waals surface area contributed by atoms with Gasteiger partial charge in [0.15, 0.2) is 0 Å². The van der Waals surface area contributed by atoms with Gasteiger partial charge in [-0.25, -0.2) is 0 Å². The van der Waals surface area contributed by atoms with Crippen molar-refractivity contribution in [3.63, 3.8) is 0 Å². The molecule has 0 saturated heterocycles. The normalized spacial score (nSPS) is 11.8. The fourth-order valence-electron chi connectivity index (χ4n) is 3.09. The van der Waals surface area contributed by atoms with Gasteiger partial charge in [-0.1, -0.05) is 61.2 Å². The first-order chi connectivity index (χ1) is 15.1. The number of hydrogen-bond acceptors (Lipinski definition) is 3. The molecule has 0 saturated carbocycles. The molecule has 1 unspecified atom stereocenters. The van der Waals surface area contributed by atoms with Gasteiger partial charge in [-0.05, 0) is 54.8 Å². The maximum atomic E-state index is 12.4. The zero-order valence-electron chi connectivity index (χ0n) is 17.5. The molecule has 3 aromatic carbocycles. The Kier molecular flexibility index (Phi) is 7.60. The van der Waals surface area contributed by atoms with Crippen molar-refractivity contribution in [2.24, 2.45) is 0 Å². The van der Waals surface area contributed by atoms with E-state index in [0.29, 0.717) is 18.7 Å². The van der Waals surface area contributed by atoms with Gasteiger partial charge >= 0.3 is 0 Å². The smallest absolute Gasteiger partial charge is 0.243 e. The van der Waals surface area contributed by atoms with Crippen LogP contribution in [0.1, 0.15) is 24.8 Å². The second-order valence-electron chi connectivity index (χ2n) is 7.06. The van der Waals surface area contributed by atoms with Gasteiger partial charge in [0.25, 0.3) is 0 Å². The highest BCUT2D eigenvalue weighted by atomic mass is 16.5. The summed E-state index contributed by atoms with van der Waals surface area (Å²) in [6.07, 6.45) is 5.26. The van der Waals surface area contributed by atoms with E-state index < -0.39 is 0 Å². The molecule has 2 N–H and O–H groups in total. The number of benzene rings is 3. The van der Waals surface area contributed by atoms with Gasteiger partial charge in [0, 0.05) is 11.9 Å². The third kappa shape index (κ3) is 6.06. The lowest BCUT2D eigenvalue weighted by molar-refractivity contribution is -0.121. The van der Waals surface area contributed by atoms with E-state index in [-0.39, 0.29) is 17.7 Å². The Hall–Kier alpha value is -3.86. The molecule has 0 bridgehead atoms. The highest BCUT2D eigenvalue weighted by Crippen LogP contribution is 2.30. The first kappa shape index (κ1) is 21.8. The van der Waals surface area contributed by atoms with E-state index in [9.17, 15) is 9.59 Å². The van der Waals surface area contributed by atoms with E-state index in [1.807, 2.05) is 61.5 Å². The first-order valence-corrected chi connectivity index (χ1v) is 10.2. The lowest BCUT2D eigenvalue weighted by Gasteiger charge is -2.13. The van der Waals surface area contributed by atoms with E-state index in [2.05, 4.69) is 29.3 Å². The topological polar surface area (TPSA) is 67.4 Å². The molecule has 0 fully saturated rings. The quantitative estimate of drug-likeness (QED) is 0.380. The average Bonchev–Trinajstić information content (AvgIpc) is 2.81. The van der Waals surface area contributed by atoms with Crippen LogP contribution in [0.25, 0.3) is 10.8 Å². The molecule has 5 heteroatoms. The van der Waals surface area contributed by atoms with Crippen molar-refractivity contribution in [3.05, 3.63) is 97.2 Å². The maximum Gasteiger partial charge on any atom is 0.243 e. The Morgan fingerprint density at radius 1 is 1.03 bits per heavy atom. The molecule has 0 radical (unpaired) electrons. The number of carbonyl (C=O) groups is 2. The second-order valence-corrected chi connectivity index (χ2v) is 7.06. The Morgan fingerprint density at radius 3 is 2.55 bits per heavy atom. The predicted octanol–water partition coefficient (Wildman–Crippen LogP) is 5.06. The fourth-order valence-corrected chi connectivity index (χ4v) is 3.09. The Labute approximate surface area is 182 Å². The molecule has 0 aliphatic rings. The molecule has 3 aromatic rings. The first-order valence-electron chi connectivity index (χ1n) is 10.2. The number of amides is 2. The van der Waals surface area contributed by atoms with Crippen LogP contribution in [0.4, 0.5) is 0 Å².